The fraction of sp³-hybridized carbons (Fsp3) is 0.636. The molecule has 1 N–H and O–H groups in total. The van der Waals surface area contributed by atoms with Gasteiger partial charge in [0, 0.05) is 46.2 Å². The predicted octanol–water partition coefficient (Wildman–Crippen LogP) is 3.15. The van der Waals surface area contributed by atoms with E-state index in [0.29, 0.717) is 11.8 Å². The lowest BCUT2D eigenvalue weighted by Gasteiger charge is -2.26. The molecule has 0 radical (unpaired) electrons. The fourth-order valence-corrected chi connectivity index (χ4v) is 5.02. The highest BCUT2D eigenvalue weighted by atomic mass is 16.2. The molecule has 27 heavy (non-hydrogen) atoms. The van der Waals surface area contributed by atoms with E-state index in [9.17, 15) is 4.79 Å². The summed E-state index contributed by atoms with van der Waals surface area (Å²) in [4.78, 5) is 20.7. The quantitative estimate of drug-likeness (QED) is 0.656. The molecule has 2 saturated heterocycles. The number of benzene rings is 1. The Labute approximate surface area is 162 Å². The third-order valence-corrected chi connectivity index (χ3v) is 6.63. The average Bonchev–Trinajstić information content (AvgIpc) is 3.41. The second kappa shape index (κ2) is 7.91. The maximum atomic E-state index is 11.8. The average molecular weight is 369 g/mol. The van der Waals surface area contributed by atoms with Gasteiger partial charge in [0.05, 0.1) is 0 Å². The molecule has 4 rings (SSSR count). The number of nitrogens with one attached hydrogen (secondary N) is 1. The number of carbonyl (C=O) groups is 1. The molecule has 1 aromatic rings. The third kappa shape index (κ3) is 4.12. The van der Waals surface area contributed by atoms with Crippen molar-refractivity contribution < 1.29 is 4.79 Å². The Morgan fingerprint density at radius 1 is 1.07 bits per heavy atom. The Morgan fingerprint density at radius 3 is 2.48 bits per heavy atom. The van der Waals surface area contributed by atoms with Gasteiger partial charge in [-0.2, -0.15) is 0 Å². The molecule has 2 heterocycles. The van der Waals surface area contributed by atoms with Gasteiger partial charge in [-0.1, -0.05) is 37.1 Å². The number of hydrogen-bond acceptors (Lipinski definition) is 2. The van der Waals surface area contributed by atoms with Crippen molar-refractivity contribution in [3.8, 4) is 0 Å². The molecule has 5 nitrogen and oxygen atoms in total. The zero-order valence-electron chi connectivity index (χ0n) is 16.5. The van der Waals surface area contributed by atoms with E-state index in [0.717, 1.165) is 45.1 Å². The SMILES string of the molecule is CN=C(NCc1ccc(CN2CCCC2=O)cc1)N1CCC2(CCCC2)C1. The molecular formula is C22H32N4O. The van der Waals surface area contributed by atoms with Crippen LogP contribution in [0.3, 0.4) is 0 Å². The Kier molecular flexibility index (Phi) is 5.37. The van der Waals surface area contributed by atoms with Gasteiger partial charge >= 0.3 is 0 Å². The van der Waals surface area contributed by atoms with Gasteiger partial charge in [-0.25, -0.2) is 0 Å². The van der Waals surface area contributed by atoms with E-state index in [-0.39, 0.29) is 5.91 Å². The lowest BCUT2D eigenvalue weighted by molar-refractivity contribution is -0.128. The van der Waals surface area contributed by atoms with Crippen molar-refractivity contribution in [3.63, 3.8) is 0 Å². The number of aliphatic imine (C=N–C) groups is 1. The molecule has 3 aliphatic rings. The largest absolute Gasteiger partial charge is 0.352 e. The molecule has 1 saturated carbocycles. The van der Waals surface area contributed by atoms with Crippen LogP contribution in [0, 0.1) is 5.41 Å². The highest BCUT2D eigenvalue weighted by molar-refractivity contribution is 5.80. The molecule has 3 fully saturated rings. The standard InChI is InChI=1S/C22H32N4O/c1-23-21(26-14-12-22(17-26)10-2-3-11-22)24-15-18-6-8-19(9-7-18)16-25-13-4-5-20(25)27/h6-9H,2-5,10-17H2,1H3,(H,23,24). The summed E-state index contributed by atoms with van der Waals surface area (Å²) in [6, 6.07) is 8.63. The first-order chi connectivity index (χ1) is 13.2. The van der Waals surface area contributed by atoms with Crippen molar-refractivity contribution in [3.05, 3.63) is 35.4 Å². The first kappa shape index (κ1) is 18.3. The highest BCUT2D eigenvalue weighted by Gasteiger charge is 2.41. The molecule has 0 unspecified atom stereocenters. The summed E-state index contributed by atoms with van der Waals surface area (Å²) in [5.74, 6) is 1.32. The van der Waals surface area contributed by atoms with Gasteiger partial charge in [0.15, 0.2) is 5.96 Å². The summed E-state index contributed by atoms with van der Waals surface area (Å²) >= 11 is 0. The van der Waals surface area contributed by atoms with Crippen molar-refractivity contribution in [2.24, 2.45) is 10.4 Å². The molecule has 1 amide bonds. The van der Waals surface area contributed by atoms with Gasteiger partial charge in [0.25, 0.3) is 0 Å². The van der Waals surface area contributed by atoms with Crippen LogP contribution in [-0.2, 0) is 17.9 Å². The molecular weight excluding hydrogens is 336 g/mol. The minimum Gasteiger partial charge on any atom is -0.352 e. The molecule has 1 aliphatic carbocycles. The summed E-state index contributed by atoms with van der Waals surface area (Å²) in [5.41, 5.74) is 3.02. The van der Waals surface area contributed by atoms with E-state index in [1.807, 2.05) is 11.9 Å². The summed E-state index contributed by atoms with van der Waals surface area (Å²) in [7, 11) is 1.89. The highest BCUT2D eigenvalue weighted by Crippen LogP contribution is 2.45. The van der Waals surface area contributed by atoms with Crippen LogP contribution >= 0.6 is 0 Å². The van der Waals surface area contributed by atoms with Crippen LogP contribution in [0.2, 0.25) is 0 Å². The van der Waals surface area contributed by atoms with Crippen molar-refractivity contribution in [1.82, 2.24) is 15.1 Å². The number of hydrogen-bond donors (Lipinski definition) is 1. The zero-order valence-corrected chi connectivity index (χ0v) is 16.5. The number of amides is 1. The third-order valence-electron chi connectivity index (χ3n) is 6.63. The van der Waals surface area contributed by atoms with Crippen molar-refractivity contribution in [2.45, 2.75) is 58.0 Å². The van der Waals surface area contributed by atoms with Crippen molar-refractivity contribution in [2.75, 3.05) is 26.7 Å². The smallest absolute Gasteiger partial charge is 0.222 e. The first-order valence-corrected chi connectivity index (χ1v) is 10.5. The Bertz CT molecular complexity index is 691. The van der Waals surface area contributed by atoms with Crippen LogP contribution in [-0.4, -0.2) is 48.3 Å². The lowest BCUT2D eigenvalue weighted by Crippen LogP contribution is -2.40. The van der Waals surface area contributed by atoms with E-state index in [1.165, 1.54) is 43.2 Å². The minimum absolute atomic E-state index is 0.287. The summed E-state index contributed by atoms with van der Waals surface area (Å²) in [6.45, 7) is 4.72. The number of nitrogens with zero attached hydrogens (tertiary/aromatic N) is 3. The number of likely N-dealkylation sites (tertiary alicyclic amines) is 2. The van der Waals surface area contributed by atoms with Crippen molar-refractivity contribution >= 4 is 11.9 Å². The normalized spacial score (nSPS) is 22.3. The number of guanidine groups is 1. The molecule has 1 spiro atoms. The number of carbonyl (C=O) groups excluding carboxylic acids is 1. The van der Waals surface area contributed by atoms with Crippen LogP contribution < -0.4 is 5.32 Å². The van der Waals surface area contributed by atoms with Crippen molar-refractivity contribution in [1.29, 1.82) is 0 Å². The van der Waals surface area contributed by atoms with Gasteiger partial charge in [0.2, 0.25) is 5.91 Å². The van der Waals surface area contributed by atoms with Crippen LogP contribution in [0.1, 0.15) is 56.1 Å². The van der Waals surface area contributed by atoms with E-state index >= 15 is 0 Å². The zero-order chi connectivity index (χ0) is 18.7. The maximum absolute atomic E-state index is 11.8. The van der Waals surface area contributed by atoms with Crippen LogP contribution in [0.5, 0.6) is 0 Å². The topological polar surface area (TPSA) is 47.9 Å². The fourth-order valence-electron chi connectivity index (χ4n) is 5.02. The summed E-state index contributed by atoms with van der Waals surface area (Å²) < 4.78 is 0. The molecule has 0 bridgehead atoms. The molecule has 5 heteroatoms. The van der Waals surface area contributed by atoms with E-state index in [4.69, 9.17) is 0 Å². The van der Waals surface area contributed by atoms with E-state index in [1.54, 1.807) is 0 Å². The number of rotatable bonds is 4. The monoisotopic (exact) mass is 368 g/mol. The van der Waals surface area contributed by atoms with Gasteiger partial charge in [-0.15, -0.1) is 0 Å². The minimum atomic E-state index is 0.287. The Morgan fingerprint density at radius 2 is 1.81 bits per heavy atom. The Hall–Kier alpha value is -2.04. The summed E-state index contributed by atoms with van der Waals surface area (Å²) in [6.07, 6.45) is 8.60. The summed E-state index contributed by atoms with van der Waals surface area (Å²) in [5, 5.41) is 3.55. The second-order valence-electron chi connectivity index (χ2n) is 8.51. The molecule has 146 valence electrons. The van der Waals surface area contributed by atoms with Crippen LogP contribution in [0.4, 0.5) is 0 Å². The lowest BCUT2D eigenvalue weighted by atomic mass is 9.86. The Balaban J connectivity index is 1.29. The predicted molar refractivity (Wildman–Crippen MR) is 108 cm³/mol. The maximum Gasteiger partial charge on any atom is 0.222 e. The van der Waals surface area contributed by atoms with Gasteiger partial charge in [0.1, 0.15) is 0 Å². The molecule has 1 aromatic carbocycles. The van der Waals surface area contributed by atoms with Gasteiger partial charge < -0.3 is 15.1 Å². The molecule has 0 atom stereocenters. The van der Waals surface area contributed by atoms with Crippen LogP contribution in [0.15, 0.2) is 29.3 Å². The molecule has 2 aliphatic heterocycles. The second-order valence-corrected chi connectivity index (χ2v) is 8.51. The van der Waals surface area contributed by atoms with E-state index < -0.39 is 0 Å². The molecule has 0 aromatic heterocycles. The van der Waals surface area contributed by atoms with Gasteiger partial charge in [-0.05, 0) is 42.2 Å². The van der Waals surface area contributed by atoms with Crippen LogP contribution in [0.25, 0.3) is 0 Å². The van der Waals surface area contributed by atoms with E-state index in [2.05, 4.69) is 39.5 Å². The first-order valence-electron chi connectivity index (χ1n) is 10.5. The van der Waals surface area contributed by atoms with Gasteiger partial charge in [-0.3, -0.25) is 9.79 Å².